The van der Waals surface area contributed by atoms with E-state index in [0.717, 1.165) is 10.4 Å². The molecular formula is C14H18N4O2S. The normalized spacial score (nSPS) is 13.7. The number of hydrogen-bond donors (Lipinski definition) is 2. The molecule has 0 aliphatic carbocycles. The van der Waals surface area contributed by atoms with Gasteiger partial charge in [-0.1, -0.05) is 0 Å². The second-order valence-electron chi connectivity index (χ2n) is 5.18. The molecule has 3 N–H and O–H groups in total. The minimum Gasteiger partial charge on any atom is -0.368 e. The lowest BCUT2D eigenvalue weighted by atomic mass is 10.0. The quantitative estimate of drug-likeness (QED) is 0.870. The van der Waals surface area contributed by atoms with Crippen molar-refractivity contribution in [3.63, 3.8) is 0 Å². The van der Waals surface area contributed by atoms with Crippen LogP contribution in [0.15, 0.2) is 23.8 Å². The molecule has 2 aromatic rings. The number of primary amides is 1. The summed E-state index contributed by atoms with van der Waals surface area (Å²) in [7, 11) is 0. The van der Waals surface area contributed by atoms with E-state index >= 15 is 0 Å². The maximum atomic E-state index is 12.4. The molecule has 0 fully saturated rings. The third-order valence-corrected chi connectivity index (χ3v) is 4.51. The zero-order chi connectivity index (χ0) is 15.6. The zero-order valence-corrected chi connectivity index (χ0v) is 13.0. The van der Waals surface area contributed by atoms with E-state index in [1.54, 1.807) is 35.4 Å². The number of nitrogens with two attached hydrogens (primary N) is 1. The van der Waals surface area contributed by atoms with Crippen LogP contribution in [0.5, 0.6) is 0 Å². The molecule has 7 heteroatoms. The predicted octanol–water partition coefficient (Wildman–Crippen LogP) is 1.24. The summed E-state index contributed by atoms with van der Waals surface area (Å²) in [5.41, 5.74) is 5.76. The third kappa shape index (κ3) is 3.13. The molecule has 0 saturated heterocycles. The van der Waals surface area contributed by atoms with E-state index in [1.807, 2.05) is 13.8 Å². The van der Waals surface area contributed by atoms with Gasteiger partial charge in [0.05, 0.1) is 12.1 Å². The van der Waals surface area contributed by atoms with Crippen molar-refractivity contribution in [2.75, 3.05) is 0 Å². The first-order valence-corrected chi connectivity index (χ1v) is 7.36. The van der Waals surface area contributed by atoms with Gasteiger partial charge in [0.1, 0.15) is 5.54 Å². The van der Waals surface area contributed by atoms with Crippen LogP contribution in [0.1, 0.15) is 27.7 Å². The molecule has 0 saturated carbocycles. The van der Waals surface area contributed by atoms with Crippen molar-refractivity contribution in [3.8, 4) is 0 Å². The van der Waals surface area contributed by atoms with Crippen LogP contribution < -0.4 is 11.1 Å². The smallest absolute Gasteiger partial charge is 0.253 e. The van der Waals surface area contributed by atoms with Gasteiger partial charge in [-0.25, -0.2) is 0 Å². The maximum absolute atomic E-state index is 12.4. The van der Waals surface area contributed by atoms with E-state index in [1.165, 1.54) is 11.3 Å². The van der Waals surface area contributed by atoms with Gasteiger partial charge in [-0.3, -0.25) is 14.3 Å². The first kappa shape index (κ1) is 15.2. The molecule has 2 amide bonds. The first-order chi connectivity index (χ1) is 9.83. The molecule has 1 unspecified atom stereocenters. The summed E-state index contributed by atoms with van der Waals surface area (Å²) in [6, 6.07) is 1.75. The van der Waals surface area contributed by atoms with E-state index in [-0.39, 0.29) is 12.5 Å². The number of amides is 2. The summed E-state index contributed by atoms with van der Waals surface area (Å²) < 4.78 is 1.57. The predicted molar refractivity (Wildman–Crippen MR) is 81.1 cm³/mol. The summed E-state index contributed by atoms with van der Waals surface area (Å²) >= 11 is 1.50. The molecule has 21 heavy (non-hydrogen) atoms. The van der Waals surface area contributed by atoms with Gasteiger partial charge < -0.3 is 11.1 Å². The molecule has 0 aliphatic heterocycles. The zero-order valence-electron chi connectivity index (χ0n) is 12.2. The van der Waals surface area contributed by atoms with Crippen molar-refractivity contribution < 1.29 is 9.59 Å². The molecule has 0 aromatic carbocycles. The van der Waals surface area contributed by atoms with Gasteiger partial charge >= 0.3 is 0 Å². The highest BCUT2D eigenvalue weighted by atomic mass is 32.1. The number of aryl methyl sites for hydroxylation is 1. The van der Waals surface area contributed by atoms with E-state index < -0.39 is 11.4 Å². The number of carbonyl (C=O) groups is 2. The van der Waals surface area contributed by atoms with Crippen molar-refractivity contribution in [1.82, 2.24) is 15.1 Å². The number of hydrogen-bond acceptors (Lipinski definition) is 4. The molecular weight excluding hydrogens is 288 g/mol. The Labute approximate surface area is 127 Å². The third-order valence-electron chi connectivity index (χ3n) is 3.50. The molecule has 0 spiro atoms. The Morgan fingerprint density at radius 3 is 2.67 bits per heavy atom. The number of carbonyl (C=O) groups excluding carboxylic acids is 2. The van der Waals surface area contributed by atoms with Crippen LogP contribution in [0.2, 0.25) is 0 Å². The monoisotopic (exact) mass is 306 g/mol. The Hall–Kier alpha value is -2.15. The van der Waals surface area contributed by atoms with Gasteiger partial charge in [0, 0.05) is 22.7 Å². The van der Waals surface area contributed by atoms with Crippen molar-refractivity contribution in [2.24, 2.45) is 5.73 Å². The number of aromatic nitrogens is 2. The van der Waals surface area contributed by atoms with Gasteiger partial charge in [-0.2, -0.15) is 5.10 Å². The number of thiophene rings is 1. The molecule has 0 aliphatic rings. The van der Waals surface area contributed by atoms with Crippen LogP contribution in [0.4, 0.5) is 0 Å². The fourth-order valence-corrected chi connectivity index (χ4v) is 2.82. The molecule has 112 valence electrons. The Bertz CT molecular complexity index is 663. The number of nitrogens with one attached hydrogen (secondary N) is 1. The Morgan fingerprint density at radius 1 is 1.48 bits per heavy atom. The second kappa shape index (κ2) is 5.69. The molecule has 2 heterocycles. The minimum absolute atomic E-state index is 0.184. The van der Waals surface area contributed by atoms with Gasteiger partial charge in [0.25, 0.3) is 5.91 Å². The van der Waals surface area contributed by atoms with Crippen LogP contribution >= 0.6 is 11.3 Å². The SMILES string of the molecule is Cc1scc(C(=O)NC(C)(Cn2cccn2)C(N)=O)c1C. The lowest BCUT2D eigenvalue weighted by Crippen LogP contribution is -2.58. The highest BCUT2D eigenvalue weighted by Gasteiger charge is 2.34. The lowest BCUT2D eigenvalue weighted by Gasteiger charge is -2.27. The van der Waals surface area contributed by atoms with Crippen LogP contribution in [-0.2, 0) is 11.3 Å². The average molecular weight is 306 g/mol. The highest BCUT2D eigenvalue weighted by molar-refractivity contribution is 7.10. The minimum atomic E-state index is -1.20. The Balaban J connectivity index is 2.22. The Morgan fingerprint density at radius 2 is 2.19 bits per heavy atom. The topological polar surface area (TPSA) is 90.0 Å². The second-order valence-corrected chi connectivity index (χ2v) is 6.27. The van der Waals surface area contributed by atoms with Crippen LogP contribution in [0, 0.1) is 13.8 Å². The number of rotatable bonds is 5. The summed E-state index contributed by atoms with van der Waals surface area (Å²) in [6.07, 6.45) is 3.32. The van der Waals surface area contributed by atoms with Crippen molar-refractivity contribution in [3.05, 3.63) is 39.8 Å². The maximum Gasteiger partial charge on any atom is 0.253 e. The summed E-state index contributed by atoms with van der Waals surface area (Å²) in [6.45, 7) is 5.62. The summed E-state index contributed by atoms with van der Waals surface area (Å²) in [5.74, 6) is -0.902. The van der Waals surface area contributed by atoms with E-state index in [2.05, 4.69) is 10.4 Å². The van der Waals surface area contributed by atoms with E-state index in [4.69, 9.17) is 5.73 Å². The molecule has 1 atom stereocenters. The van der Waals surface area contributed by atoms with Crippen molar-refractivity contribution >= 4 is 23.2 Å². The van der Waals surface area contributed by atoms with Crippen molar-refractivity contribution in [2.45, 2.75) is 32.9 Å². The van der Waals surface area contributed by atoms with Crippen LogP contribution in [0.3, 0.4) is 0 Å². The standard InChI is InChI=1S/C14H18N4O2S/c1-9-10(2)21-7-11(9)12(19)17-14(3,13(15)20)8-18-6-4-5-16-18/h4-7H,8H2,1-3H3,(H2,15,20)(H,17,19). The largest absolute Gasteiger partial charge is 0.368 e. The van der Waals surface area contributed by atoms with Crippen LogP contribution in [0.25, 0.3) is 0 Å². The average Bonchev–Trinajstić information content (AvgIpc) is 3.01. The van der Waals surface area contributed by atoms with E-state index in [0.29, 0.717) is 5.56 Å². The molecule has 2 rings (SSSR count). The molecule has 2 aromatic heterocycles. The first-order valence-electron chi connectivity index (χ1n) is 6.48. The van der Waals surface area contributed by atoms with E-state index in [9.17, 15) is 9.59 Å². The highest BCUT2D eigenvalue weighted by Crippen LogP contribution is 2.21. The molecule has 0 bridgehead atoms. The molecule has 0 radical (unpaired) electrons. The van der Waals surface area contributed by atoms with Gasteiger partial charge in [-0.05, 0) is 32.4 Å². The lowest BCUT2D eigenvalue weighted by molar-refractivity contribution is -0.124. The van der Waals surface area contributed by atoms with Gasteiger partial charge in [-0.15, -0.1) is 11.3 Å². The van der Waals surface area contributed by atoms with Crippen molar-refractivity contribution in [1.29, 1.82) is 0 Å². The van der Waals surface area contributed by atoms with Gasteiger partial charge in [0.15, 0.2) is 0 Å². The Kier molecular flexibility index (Phi) is 4.13. The number of nitrogens with zero attached hydrogens (tertiary/aromatic N) is 2. The summed E-state index contributed by atoms with van der Waals surface area (Å²) in [5, 5.41) is 8.57. The fourth-order valence-electron chi connectivity index (χ4n) is 1.95. The fraction of sp³-hybridized carbons (Fsp3) is 0.357. The summed E-state index contributed by atoms with van der Waals surface area (Å²) in [4.78, 5) is 25.2. The van der Waals surface area contributed by atoms with Gasteiger partial charge in [0.2, 0.25) is 5.91 Å². The molecule has 6 nitrogen and oxygen atoms in total. The van der Waals surface area contributed by atoms with Crippen LogP contribution in [-0.4, -0.2) is 27.1 Å².